The molecule has 0 saturated carbocycles. The fourth-order valence-corrected chi connectivity index (χ4v) is 8.57. The standard InChI is InChI=1S/C49H44N6O3S/c1-4-5-26-44-43(47(51-34(2)50-44)58-33-45-41(29-30-59-45)48(56)57-3)32-35-27-28-40(36-18-10-6-11-19-36)42(31-35)46-52-53-54-55(46)49(37-20-12-7-13-21-37,38-22-14-8-15-23-38)39-24-16-9-17-25-39/h6-25,27-31H,4-5,26,32-33H2,1-3H3. The average molecular weight is 797 g/mol. The second-order valence-corrected chi connectivity index (χ2v) is 15.3. The summed E-state index contributed by atoms with van der Waals surface area (Å²) in [6.45, 7) is 4.24. The molecule has 0 bridgehead atoms. The number of ether oxygens (including phenoxy) is 2. The van der Waals surface area contributed by atoms with E-state index in [1.165, 1.54) is 18.4 Å². The molecule has 0 aliphatic carbocycles. The Bertz CT molecular complexity index is 2550. The first-order valence-electron chi connectivity index (χ1n) is 19.8. The van der Waals surface area contributed by atoms with E-state index >= 15 is 0 Å². The molecule has 10 heteroatoms. The lowest BCUT2D eigenvalue weighted by Gasteiger charge is -2.36. The van der Waals surface area contributed by atoms with Gasteiger partial charge in [-0.15, -0.1) is 16.4 Å². The van der Waals surface area contributed by atoms with E-state index in [1.54, 1.807) is 6.07 Å². The second-order valence-electron chi connectivity index (χ2n) is 14.3. The van der Waals surface area contributed by atoms with Crippen molar-refractivity contribution in [1.29, 1.82) is 0 Å². The predicted octanol–water partition coefficient (Wildman–Crippen LogP) is 10.3. The zero-order valence-corrected chi connectivity index (χ0v) is 34.1. The van der Waals surface area contributed by atoms with Crippen LogP contribution in [0.2, 0.25) is 0 Å². The van der Waals surface area contributed by atoms with Crippen molar-refractivity contribution in [2.45, 2.75) is 51.7 Å². The van der Waals surface area contributed by atoms with E-state index in [4.69, 9.17) is 29.8 Å². The number of tetrazole rings is 1. The number of thiophene rings is 1. The first-order valence-corrected chi connectivity index (χ1v) is 20.7. The van der Waals surface area contributed by atoms with Gasteiger partial charge in [-0.2, -0.15) is 4.98 Å². The maximum Gasteiger partial charge on any atom is 0.339 e. The first kappa shape index (κ1) is 39.1. The Hall–Kier alpha value is -6.78. The lowest BCUT2D eigenvalue weighted by Crippen LogP contribution is -2.39. The van der Waals surface area contributed by atoms with Crippen molar-refractivity contribution in [3.05, 3.63) is 201 Å². The Kier molecular flexibility index (Phi) is 11.8. The van der Waals surface area contributed by atoms with Crippen molar-refractivity contribution in [3.8, 4) is 28.4 Å². The highest BCUT2D eigenvalue weighted by Crippen LogP contribution is 2.44. The zero-order valence-electron chi connectivity index (χ0n) is 33.3. The number of benzene rings is 5. The number of unbranched alkanes of at least 4 members (excludes halogenated alkanes) is 1. The van der Waals surface area contributed by atoms with Crippen LogP contribution in [-0.4, -0.2) is 43.3 Å². The minimum Gasteiger partial charge on any atom is -0.472 e. The molecule has 294 valence electrons. The molecule has 0 radical (unpaired) electrons. The highest BCUT2D eigenvalue weighted by molar-refractivity contribution is 7.10. The van der Waals surface area contributed by atoms with E-state index in [-0.39, 0.29) is 6.61 Å². The van der Waals surface area contributed by atoms with Crippen LogP contribution in [0.4, 0.5) is 0 Å². The van der Waals surface area contributed by atoms with Gasteiger partial charge < -0.3 is 9.47 Å². The van der Waals surface area contributed by atoms with Crippen molar-refractivity contribution in [3.63, 3.8) is 0 Å². The summed E-state index contributed by atoms with van der Waals surface area (Å²) in [7, 11) is 1.39. The van der Waals surface area contributed by atoms with Gasteiger partial charge >= 0.3 is 5.97 Å². The summed E-state index contributed by atoms with van der Waals surface area (Å²) in [4.78, 5) is 23.1. The molecular formula is C49H44N6O3S. The number of aryl methyl sites for hydroxylation is 2. The Morgan fingerprint density at radius 3 is 2.00 bits per heavy atom. The van der Waals surface area contributed by atoms with E-state index in [0.29, 0.717) is 29.5 Å². The summed E-state index contributed by atoms with van der Waals surface area (Å²) >= 11 is 1.45. The van der Waals surface area contributed by atoms with Gasteiger partial charge in [-0.3, -0.25) is 0 Å². The van der Waals surface area contributed by atoms with Crippen molar-refractivity contribution < 1.29 is 14.3 Å². The fourth-order valence-electron chi connectivity index (χ4n) is 7.80. The number of hydrogen-bond acceptors (Lipinski definition) is 9. The van der Waals surface area contributed by atoms with Crippen LogP contribution >= 0.6 is 11.3 Å². The number of nitrogens with zero attached hydrogens (tertiary/aromatic N) is 6. The third kappa shape index (κ3) is 7.91. The van der Waals surface area contributed by atoms with Crippen molar-refractivity contribution in [2.24, 2.45) is 0 Å². The van der Waals surface area contributed by atoms with Gasteiger partial charge in [0.25, 0.3) is 0 Å². The summed E-state index contributed by atoms with van der Waals surface area (Å²) in [5, 5.41) is 16.0. The number of carbonyl (C=O) groups is 1. The molecular weight excluding hydrogens is 753 g/mol. The molecule has 0 atom stereocenters. The van der Waals surface area contributed by atoms with Gasteiger partial charge in [-0.1, -0.05) is 147 Å². The highest BCUT2D eigenvalue weighted by Gasteiger charge is 2.42. The van der Waals surface area contributed by atoms with Crippen molar-refractivity contribution >= 4 is 17.3 Å². The maximum absolute atomic E-state index is 12.5. The molecule has 59 heavy (non-hydrogen) atoms. The molecule has 0 aliphatic heterocycles. The van der Waals surface area contributed by atoms with E-state index < -0.39 is 11.5 Å². The number of hydrogen-bond donors (Lipinski definition) is 0. The summed E-state index contributed by atoms with van der Waals surface area (Å²) in [6, 6.07) is 49.9. The number of rotatable bonds is 15. The molecule has 0 N–H and O–H groups in total. The lowest BCUT2D eigenvalue weighted by molar-refractivity contribution is 0.0598. The molecule has 8 rings (SSSR count). The molecule has 0 fully saturated rings. The van der Waals surface area contributed by atoms with E-state index in [0.717, 1.165) is 74.3 Å². The van der Waals surface area contributed by atoms with Gasteiger partial charge in [0, 0.05) is 17.5 Å². The Morgan fingerprint density at radius 2 is 1.39 bits per heavy atom. The minimum absolute atomic E-state index is 0.173. The Balaban J connectivity index is 1.31. The molecule has 0 amide bonds. The van der Waals surface area contributed by atoms with Crippen molar-refractivity contribution in [1.82, 2.24) is 30.2 Å². The molecule has 3 aromatic heterocycles. The van der Waals surface area contributed by atoms with Crippen LogP contribution in [0.25, 0.3) is 22.5 Å². The summed E-state index contributed by atoms with van der Waals surface area (Å²) in [6.07, 6.45) is 3.25. The van der Waals surface area contributed by atoms with Crippen LogP contribution in [0, 0.1) is 6.92 Å². The van der Waals surface area contributed by atoms with Crippen LogP contribution in [0.5, 0.6) is 5.88 Å². The predicted molar refractivity (Wildman–Crippen MR) is 231 cm³/mol. The van der Waals surface area contributed by atoms with Crippen LogP contribution in [-0.2, 0) is 29.7 Å². The first-order chi connectivity index (χ1) is 29.0. The largest absolute Gasteiger partial charge is 0.472 e. The van der Waals surface area contributed by atoms with Crippen LogP contribution in [0.15, 0.2) is 151 Å². The quantitative estimate of drug-likeness (QED) is 0.0746. The fraction of sp³-hybridized carbons (Fsp3) is 0.184. The van der Waals surface area contributed by atoms with Gasteiger partial charge in [-0.05, 0) is 81.1 Å². The molecule has 0 aliphatic rings. The van der Waals surface area contributed by atoms with Gasteiger partial charge in [0.05, 0.1) is 23.2 Å². The SMILES string of the molecule is CCCCc1nc(C)nc(OCc2sccc2C(=O)OC)c1Cc1ccc(-c2ccccc2)c(-c2nnnn2C(c2ccccc2)(c2ccccc2)c2ccccc2)c1. The van der Waals surface area contributed by atoms with Gasteiger partial charge in [0.1, 0.15) is 18.0 Å². The Labute approximate surface area is 348 Å². The third-order valence-electron chi connectivity index (χ3n) is 10.6. The number of esters is 1. The Morgan fingerprint density at radius 1 is 0.763 bits per heavy atom. The minimum atomic E-state index is -0.934. The number of carbonyl (C=O) groups excluding carboxylic acids is 1. The molecule has 0 unspecified atom stereocenters. The molecule has 9 nitrogen and oxygen atoms in total. The second kappa shape index (κ2) is 17.8. The summed E-state index contributed by atoms with van der Waals surface area (Å²) < 4.78 is 13.5. The number of aromatic nitrogens is 6. The van der Waals surface area contributed by atoms with E-state index in [9.17, 15) is 4.79 Å². The highest BCUT2D eigenvalue weighted by atomic mass is 32.1. The maximum atomic E-state index is 12.5. The van der Waals surface area contributed by atoms with Crippen LogP contribution < -0.4 is 4.74 Å². The topological polar surface area (TPSA) is 105 Å². The van der Waals surface area contributed by atoms with Crippen LogP contribution in [0.1, 0.15) is 74.3 Å². The zero-order chi connectivity index (χ0) is 40.6. The molecule has 8 aromatic rings. The average Bonchev–Trinajstić information content (AvgIpc) is 3.98. The van der Waals surface area contributed by atoms with Gasteiger partial charge in [0.15, 0.2) is 5.82 Å². The lowest BCUT2D eigenvalue weighted by atomic mass is 9.76. The molecule has 0 spiro atoms. The van der Waals surface area contributed by atoms with E-state index in [2.05, 4.69) is 115 Å². The van der Waals surface area contributed by atoms with Gasteiger partial charge in [-0.25, -0.2) is 14.5 Å². The normalized spacial score (nSPS) is 11.4. The van der Waals surface area contributed by atoms with E-state index in [1.807, 2.05) is 53.4 Å². The van der Waals surface area contributed by atoms with Gasteiger partial charge in [0.2, 0.25) is 5.88 Å². The number of methoxy groups -OCH3 is 1. The third-order valence-corrected chi connectivity index (χ3v) is 11.5. The van der Waals surface area contributed by atoms with Crippen LogP contribution in [0.3, 0.4) is 0 Å². The monoisotopic (exact) mass is 796 g/mol. The van der Waals surface area contributed by atoms with Crippen molar-refractivity contribution in [2.75, 3.05) is 7.11 Å². The molecule has 5 aromatic carbocycles. The molecule has 0 saturated heterocycles. The molecule has 3 heterocycles. The summed E-state index contributed by atoms with van der Waals surface area (Å²) in [5.74, 6) is 1.35. The summed E-state index contributed by atoms with van der Waals surface area (Å²) in [5.41, 5.74) is 8.38. The smallest absolute Gasteiger partial charge is 0.339 e.